The standard InChI is InChI=1S/C11H13NO2S2/c1-2-15-7-10-6-8-5-9(12)3-4-11(8)16(10,13)14/h3-6H,2,7,12H2,1H3. The summed E-state index contributed by atoms with van der Waals surface area (Å²) in [5, 5.41) is 0. The minimum Gasteiger partial charge on any atom is -0.399 e. The van der Waals surface area contributed by atoms with Crippen LogP contribution in [0.15, 0.2) is 28.0 Å². The molecule has 1 heterocycles. The Morgan fingerprint density at radius 2 is 2.12 bits per heavy atom. The molecule has 2 rings (SSSR count). The Morgan fingerprint density at radius 1 is 1.38 bits per heavy atom. The molecular formula is C11H13NO2S2. The number of nitrogens with two attached hydrogens (primary N) is 1. The number of nitrogen functional groups attached to an aromatic ring is 1. The van der Waals surface area contributed by atoms with E-state index in [1.54, 1.807) is 36.0 Å². The number of hydrogen-bond donors (Lipinski definition) is 1. The minimum absolute atomic E-state index is 0.383. The minimum atomic E-state index is -3.25. The summed E-state index contributed by atoms with van der Waals surface area (Å²) in [7, 11) is -3.25. The van der Waals surface area contributed by atoms with E-state index in [4.69, 9.17) is 5.73 Å². The van der Waals surface area contributed by atoms with E-state index in [1.165, 1.54) is 0 Å². The molecule has 2 N–H and O–H groups in total. The Morgan fingerprint density at radius 3 is 2.81 bits per heavy atom. The molecule has 86 valence electrons. The van der Waals surface area contributed by atoms with Gasteiger partial charge in [0.25, 0.3) is 0 Å². The van der Waals surface area contributed by atoms with Crippen LogP contribution in [0.1, 0.15) is 12.5 Å². The molecule has 0 aliphatic carbocycles. The molecule has 1 aliphatic heterocycles. The van der Waals surface area contributed by atoms with Gasteiger partial charge in [0.2, 0.25) is 9.84 Å². The van der Waals surface area contributed by atoms with Crippen molar-refractivity contribution in [3.63, 3.8) is 0 Å². The molecule has 0 aromatic heterocycles. The van der Waals surface area contributed by atoms with Gasteiger partial charge in [-0.25, -0.2) is 8.42 Å². The number of sulfone groups is 1. The highest BCUT2D eigenvalue weighted by atomic mass is 32.2. The third-order valence-electron chi connectivity index (χ3n) is 2.43. The van der Waals surface area contributed by atoms with Gasteiger partial charge in [0.05, 0.1) is 9.80 Å². The fourth-order valence-electron chi connectivity index (χ4n) is 1.64. The van der Waals surface area contributed by atoms with E-state index in [9.17, 15) is 8.42 Å². The first-order valence-electron chi connectivity index (χ1n) is 4.98. The van der Waals surface area contributed by atoms with Crippen LogP contribution in [0.3, 0.4) is 0 Å². The maximum Gasteiger partial charge on any atom is 0.204 e. The predicted octanol–water partition coefficient (Wildman–Crippen LogP) is 2.15. The molecule has 0 amide bonds. The van der Waals surface area contributed by atoms with Crippen LogP contribution in [0.5, 0.6) is 0 Å². The normalized spacial score (nSPS) is 16.9. The van der Waals surface area contributed by atoms with Gasteiger partial charge in [-0.15, -0.1) is 0 Å². The largest absolute Gasteiger partial charge is 0.399 e. The molecule has 0 saturated heterocycles. The Bertz CT molecular complexity index is 547. The lowest BCUT2D eigenvalue weighted by Gasteiger charge is -2.02. The summed E-state index contributed by atoms with van der Waals surface area (Å²) < 4.78 is 24.2. The Labute approximate surface area is 99.6 Å². The van der Waals surface area contributed by atoms with Gasteiger partial charge in [0.15, 0.2) is 0 Å². The van der Waals surface area contributed by atoms with Gasteiger partial charge < -0.3 is 5.73 Å². The second-order valence-electron chi connectivity index (χ2n) is 3.55. The summed E-state index contributed by atoms with van der Waals surface area (Å²) in [6.45, 7) is 2.01. The van der Waals surface area contributed by atoms with Crippen LogP contribution in [0.25, 0.3) is 6.08 Å². The molecule has 1 aromatic carbocycles. The average Bonchev–Trinajstić information content (AvgIpc) is 2.47. The van der Waals surface area contributed by atoms with E-state index in [-0.39, 0.29) is 0 Å². The summed E-state index contributed by atoms with van der Waals surface area (Å²) in [5.41, 5.74) is 6.94. The van der Waals surface area contributed by atoms with Gasteiger partial charge in [0, 0.05) is 11.4 Å². The van der Waals surface area contributed by atoms with Gasteiger partial charge in [-0.1, -0.05) is 6.92 Å². The topological polar surface area (TPSA) is 60.2 Å². The molecule has 0 spiro atoms. The first-order valence-corrected chi connectivity index (χ1v) is 7.62. The van der Waals surface area contributed by atoms with E-state index in [0.717, 1.165) is 5.75 Å². The smallest absolute Gasteiger partial charge is 0.204 e. The second kappa shape index (κ2) is 4.14. The number of rotatable bonds is 3. The van der Waals surface area contributed by atoms with Crippen molar-refractivity contribution in [1.82, 2.24) is 0 Å². The van der Waals surface area contributed by atoms with Crippen molar-refractivity contribution in [2.24, 2.45) is 0 Å². The van der Waals surface area contributed by atoms with Gasteiger partial charge in [-0.2, -0.15) is 11.8 Å². The van der Waals surface area contributed by atoms with Crippen LogP contribution in [0.4, 0.5) is 5.69 Å². The van der Waals surface area contributed by atoms with Crippen molar-refractivity contribution in [1.29, 1.82) is 0 Å². The first-order chi connectivity index (χ1) is 7.55. The van der Waals surface area contributed by atoms with Crippen molar-refractivity contribution < 1.29 is 8.42 Å². The maximum atomic E-state index is 12.1. The second-order valence-corrected chi connectivity index (χ2v) is 6.79. The Hall–Kier alpha value is -0.940. The first kappa shape index (κ1) is 11.5. The summed E-state index contributed by atoms with van der Waals surface area (Å²) in [6.07, 6.45) is 1.73. The van der Waals surface area contributed by atoms with Gasteiger partial charge in [-0.3, -0.25) is 0 Å². The zero-order valence-corrected chi connectivity index (χ0v) is 10.6. The molecule has 1 aliphatic rings. The van der Waals surface area contributed by atoms with Crippen molar-refractivity contribution in [2.45, 2.75) is 11.8 Å². The highest BCUT2D eigenvalue weighted by Gasteiger charge is 2.28. The quantitative estimate of drug-likeness (QED) is 0.841. The SMILES string of the molecule is CCSCC1=Cc2cc(N)ccc2S1(=O)=O. The fraction of sp³-hybridized carbons (Fsp3) is 0.273. The zero-order valence-electron chi connectivity index (χ0n) is 8.93. The zero-order chi connectivity index (χ0) is 11.8. The molecular weight excluding hydrogens is 242 g/mol. The fourth-order valence-corrected chi connectivity index (χ4v) is 4.24. The molecule has 1 aromatic rings. The highest BCUT2D eigenvalue weighted by molar-refractivity contribution is 8.02. The number of anilines is 1. The van der Waals surface area contributed by atoms with E-state index in [1.807, 2.05) is 6.92 Å². The third-order valence-corrected chi connectivity index (χ3v) is 5.44. The van der Waals surface area contributed by atoms with Crippen molar-refractivity contribution in [2.75, 3.05) is 17.2 Å². The summed E-state index contributed by atoms with van der Waals surface area (Å²) in [6, 6.07) is 4.91. The molecule has 0 bridgehead atoms. The molecule has 3 nitrogen and oxygen atoms in total. The van der Waals surface area contributed by atoms with Crippen LogP contribution in [-0.2, 0) is 9.84 Å². The lowest BCUT2D eigenvalue weighted by Crippen LogP contribution is -2.03. The molecule has 16 heavy (non-hydrogen) atoms. The van der Waals surface area contributed by atoms with Gasteiger partial charge in [0.1, 0.15) is 0 Å². The summed E-state index contributed by atoms with van der Waals surface area (Å²) in [5.74, 6) is 1.44. The van der Waals surface area contributed by atoms with Crippen LogP contribution in [-0.4, -0.2) is 19.9 Å². The van der Waals surface area contributed by atoms with Crippen LogP contribution >= 0.6 is 11.8 Å². The van der Waals surface area contributed by atoms with Crippen molar-refractivity contribution >= 4 is 33.4 Å². The monoisotopic (exact) mass is 255 g/mol. The number of hydrogen-bond acceptors (Lipinski definition) is 4. The molecule has 0 fully saturated rings. The van der Waals surface area contributed by atoms with Gasteiger partial charge >= 0.3 is 0 Å². The lowest BCUT2D eigenvalue weighted by atomic mass is 10.2. The Kier molecular flexibility index (Phi) is 2.99. The van der Waals surface area contributed by atoms with Crippen LogP contribution in [0.2, 0.25) is 0 Å². The molecule has 0 radical (unpaired) electrons. The highest BCUT2D eigenvalue weighted by Crippen LogP contribution is 2.35. The summed E-state index contributed by atoms with van der Waals surface area (Å²) in [4.78, 5) is 0.869. The maximum absolute atomic E-state index is 12.1. The average molecular weight is 255 g/mol. The number of fused-ring (bicyclic) bond motifs is 1. The molecule has 0 saturated carbocycles. The lowest BCUT2D eigenvalue weighted by molar-refractivity contribution is 0.603. The van der Waals surface area contributed by atoms with E-state index >= 15 is 0 Å². The number of benzene rings is 1. The molecule has 5 heteroatoms. The van der Waals surface area contributed by atoms with Crippen LogP contribution in [0, 0.1) is 0 Å². The van der Waals surface area contributed by atoms with E-state index in [0.29, 0.717) is 26.8 Å². The number of thioether (sulfide) groups is 1. The van der Waals surface area contributed by atoms with Crippen molar-refractivity contribution in [3.05, 3.63) is 28.7 Å². The van der Waals surface area contributed by atoms with E-state index in [2.05, 4.69) is 0 Å². The van der Waals surface area contributed by atoms with Gasteiger partial charge in [-0.05, 0) is 35.6 Å². The van der Waals surface area contributed by atoms with Crippen LogP contribution < -0.4 is 5.73 Å². The molecule has 0 atom stereocenters. The van der Waals surface area contributed by atoms with E-state index < -0.39 is 9.84 Å². The third kappa shape index (κ3) is 1.85. The Balaban J connectivity index is 2.44. The summed E-state index contributed by atoms with van der Waals surface area (Å²) >= 11 is 1.60. The molecule has 0 unspecified atom stereocenters. The van der Waals surface area contributed by atoms with Crippen molar-refractivity contribution in [3.8, 4) is 0 Å². The predicted molar refractivity (Wildman–Crippen MR) is 69.0 cm³/mol.